The van der Waals surface area contributed by atoms with Gasteiger partial charge in [-0.25, -0.2) is 4.79 Å². The second-order valence-corrected chi connectivity index (χ2v) is 3.91. The first-order valence-electron chi connectivity index (χ1n) is 5.95. The third kappa shape index (κ3) is 3.14. The van der Waals surface area contributed by atoms with E-state index in [4.69, 9.17) is 0 Å². The van der Waals surface area contributed by atoms with E-state index in [0.717, 1.165) is 10.8 Å². The molecule has 0 aliphatic rings. The van der Waals surface area contributed by atoms with Gasteiger partial charge in [-0.05, 0) is 16.8 Å². The van der Waals surface area contributed by atoms with Crippen LogP contribution >= 0.6 is 0 Å². The SMILES string of the molecule is C=CCOC(=O)ONC(=O)c1cccc2ccccc12. The first-order valence-corrected chi connectivity index (χ1v) is 5.95. The van der Waals surface area contributed by atoms with Gasteiger partial charge in [0.05, 0.1) is 5.56 Å². The van der Waals surface area contributed by atoms with Crippen molar-refractivity contribution in [1.29, 1.82) is 0 Å². The molecule has 0 aliphatic heterocycles. The largest absolute Gasteiger partial charge is 0.533 e. The zero-order chi connectivity index (χ0) is 14.4. The fraction of sp³-hybridized carbons (Fsp3) is 0.0667. The number of carbonyl (C=O) groups excluding carboxylic acids is 2. The Labute approximate surface area is 115 Å². The minimum Gasteiger partial charge on any atom is -0.428 e. The fourth-order valence-corrected chi connectivity index (χ4v) is 1.72. The highest BCUT2D eigenvalue weighted by Gasteiger charge is 2.12. The van der Waals surface area contributed by atoms with E-state index in [2.05, 4.69) is 21.6 Å². The lowest BCUT2D eigenvalue weighted by molar-refractivity contribution is 0.0203. The highest BCUT2D eigenvalue weighted by molar-refractivity contribution is 6.06. The van der Waals surface area contributed by atoms with Crippen LogP contribution in [0.5, 0.6) is 0 Å². The number of ether oxygens (including phenoxy) is 1. The van der Waals surface area contributed by atoms with Crippen LogP contribution in [-0.4, -0.2) is 18.7 Å². The average Bonchev–Trinajstić information content (AvgIpc) is 2.50. The molecule has 0 spiro atoms. The monoisotopic (exact) mass is 271 g/mol. The van der Waals surface area contributed by atoms with Gasteiger partial charge < -0.3 is 9.57 Å². The van der Waals surface area contributed by atoms with Crippen molar-refractivity contribution < 1.29 is 19.2 Å². The van der Waals surface area contributed by atoms with Crippen LogP contribution < -0.4 is 5.48 Å². The molecule has 102 valence electrons. The zero-order valence-corrected chi connectivity index (χ0v) is 10.7. The van der Waals surface area contributed by atoms with Crippen LogP contribution in [0.4, 0.5) is 4.79 Å². The van der Waals surface area contributed by atoms with Crippen LogP contribution in [0.15, 0.2) is 55.1 Å². The number of benzene rings is 2. The van der Waals surface area contributed by atoms with Gasteiger partial charge >= 0.3 is 6.16 Å². The van der Waals surface area contributed by atoms with Gasteiger partial charge in [0, 0.05) is 0 Å². The molecule has 2 aromatic carbocycles. The number of fused-ring (bicyclic) bond motifs is 1. The van der Waals surface area contributed by atoms with Gasteiger partial charge in [-0.1, -0.05) is 49.1 Å². The summed E-state index contributed by atoms with van der Waals surface area (Å²) in [6.45, 7) is 3.41. The molecule has 0 aromatic heterocycles. The van der Waals surface area contributed by atoms with Gasteiger partial charge in [-0.3, -0.25) is 4.79 Å². The summed E-state index contributed by atoms with van der Waals surface area (Å²) < 4.78 is 4.57. The Balaban J connectivity index is 2.08. The standard InChI is InChI=1S/C15H13NO4/c1-2-10-19-15(18)20-16-14(17)13-9-5-7-11-6-3-4-8-12(11)13/h2-9H,1,10H2,(H,16,17). The third-order valence-electron chi connectivity index (χ3n) is 2.58. The number of nitrogens with one attached hydrogen (secondary N) is 1. The first kappa shape index (κ1) is 13.6. The number of hydrogen-bond donors (Lipinski definition) is 1. The predicted molar refractivity (Wildman–Crippen MR) is 74.0 cm³/mol. The Morgan fingerprint density at radius 3 is 2.70 bits per heavy atom. The van der Waals surface area contributed by atoms with Gasteiger partial charge in [0.15, 0.2) is 0 Å². The maximum Gasteiger partial charge on any atom is 0.533 e. The molecule has 0 saturated heterocycles. The summed E-state index contributed by atoms with van der Waals surface area (Å²) >= 11 is 0. The van der Waals surface area contributed by atoms with Gasteiger partial charge in [-0.15, -0.1) is 0 Å². The highest BCUT2D eigenvalue weighted by atomic mass is 16.8. The molecule has 5 heteroatoms. The molecule has 2 rings (SSSR count). The molecule has 0 radical (unpaired) electrons. The van der Waals surface area contributed by atoms with Crippen molar-refractivity contribution in [3.63, 3.8) is 0 Å². The van der Waals surface area contributed by atoms with Crippen molar-refractivity contribution >= 4 is 22.8 Å². The molecule has 0 bridgehead atoms. The lowest BCUT2D eigenvalue weighted by Gasteiger charge is -2.07. The van der Waals surface area contributed by atoms with E-state index in [1.54, 1.807) is 12.1 Å². The average molecular weight is 271 g/mol. The second kappa shape index (κ2) is 6.38. The summed E-state index contributed by atoms with van der Waals surface area (Å²) in [5, 5.41) is 1.70. The number of carbonyl (C=O) groups is 2. The molecular formula is C15H13NO4. The van der Waals surface area contributed by atoms with Crippen LogP contribution in [0.25, 0.3) is 10.8 Å². The molecular weight excluding hydrogens is 258 g/mol. The molecule has 2 aromatic rings. The zero-order valence-electron chi connectivity index (χ0n) is 10.7. The molecule has 0 atom stereocenters. The molecule has 0 aliphatic carbocycles. The third-order valence-corrected chi connectivity index (χ3v) is 2.58. The van der Waals surface area contributed by atoms with Gasteiger partial charge in [0.2, 0.25) is 0 Å². The van der Waals surface area contributed by atoms with Crippen molar-refractivity contribution in [1.82, 2.24) is 5.48 Å². The van der Waals surface area contributed by atoms with Gasteiger partial charge in [0.1, 0.15) is 6.61 Å². The quantitative estimate of drug-likeness (QED) is 0.529. The summed E-state index contributed by atoms with van der Waals surface area (Å²) in [7, 11) is 0. The van der Waals surface area contributed by atoms with Crippen LogP contribution in [0.3, 0.4) is 0 Å². The minimum atomic E-state index is -0.988. The second-order valence-electron chi connectivity index (χ2n) is 3.91. The Bertz CT molecular complexity index is 646. The normalized spacial score (nSPS) is 9.80. The number of amides is 1. The summed E-state index contributed by atoms with van der Waals surface area (Å²) in [5.41, 5.74) is 2.47. The minimum absolute atomic E-state index is 0.0168. The van der Waals surface area contributed by atoms with Crippen molar-refractivity contribution in [2.24, 2.45) is 0 Å². The van der Waals surface area contributed by atoms with Crippen molar-refractivity contribution in [3.05, 3.63) is 60.7 Å². The molecule has 1 amide bonds. The number of rotatable bonds is 3. The van der Waals surface area contributed by atoms with Gasteiger partial charge in [-0.2, -0.15) is 5.48 Å². The molecule has 20 heavy (non-hydrogen) atoms. The summed E-state index contributed by atoms with van der Waals surface area (Å²) in [6.07, 6.45) is 0.409. The van der Waals surface area contributed by atoms with Crippen LogP contribution in [-0.2, 0) is 9.57 Å². The van der Waals surface area contributed by atoms with Crippen molar-refractivity contribution in [2.75, 3.05) is 6.61 Å². The molecule has 0 heterocycles. The maximum atomic E-state index is 12.0. The number of hydroxylamine groups is 1. The van der Waals surface area contributed by atoms with E-state index < -0.39 is 12.1 Å². The summed E-state index contributed by atoms with van der Waals surface area (Å²) in [6, 6.07) is 12.7. The molecule has 0 saturated carbocycles. The highest BCUT2D eigenvalue weighted by Crippen LogP contribution is 2.18. The summed E-state index contributed by atoms with van der Waals surface area (Å²) in [4.78, 5) is 27.6. The van der Waals surface area contributed by atoms with E-state index in [-0.39, 0.29) is 6.61 Å². The number of hydrogen-bond acceptors (Lipinski definition) is 4. The van der Waals surface area contributed by atoms with E-state index in [0.29, 0.717) is 5.56 Å². The first-order chi connectivity index (χ1) is 9.72. The Morgan fingerprint density at radius 1 is 1.15 bits per heavy atom. The lowest BCUT2D eigenvalue weighted by atomic mass is 10.0. The van der Waals surface area contributed by atoms with E-state index >= 15 is 0 Å². The topological polar surface area (TPSA) is 64.6 Å². The van der Waals surface area contributed by atoms with Crippen molar-refractivity contribution in [2.45, 2.75) is 0 Å². The maximum absolute atomic E-state index is 12.0. The Morgan fingerprint density at radius 2 is 1.90 bits per heavy atom. The molecule has 0 unspecified atom stereocenters. The van der Waals surface area contributed by atoms with E-state index in [1.165, 1.54) is 6.08 Å². The van der Waals surface area contributed by atoms with E-state index in [9.17, 15) is 9.59 Å². The Hall–Kier alpha value is -2.82. The smallest absolute Gasteiger partial charge is 0.428 e. The predicted octanol–water partition coefficient (Wildman–Crippen LogP) is 2.82. The molecule has 1 N–H and O–H groups in total. The van der Waals surface area contributed by atoms with Crippen LogP contribution in [0.1, 0.15) is 10.4 Å². The lowest BCUT2D eigenvalue weighted by Crippen LogP contribution is -2.27. The molecule has 0 fully saturated rings. The Kier molecular flexibility index (Phi) is 4.34. The van der Waals surface area contributed by atoms with Crippen LogP contribution in [0, 0.1) is 0 Å². The van der Waals surface area contributed by atoms with Crippen molar-refractivity contribution in [3.8, 4) is 0 Å². The fourth-order valence-electron chi connectivity index (χ4n) is 1.72. The van der Waals surface area contributed by atoms with E-state index in [1.807, 2.05) is 30.3 Å². The van der Waals surface area contributed by atoms with Crippen LogP contribution in [0.2, 0.25) is 0 Å². The molecule has 5 nitrogen and oxygen atoms in total. The summed E-state index contributed by atoms with van der Waals surface area (Å²) in [5.74, 6) is -0.516. The van der Waals surface area contributed by atoms with Gasteiger partial charge in [0.25, 0.3) is 5.91 Å².